The Kier molecular flexibility index (Phi) is 3.84. The number of amides is 1. The second-order valence-electron chi connectivity index (χ2n) is 5.14. The third-order valence-electron chi connectivity index (χ3n) is 3.46. The average molecular weight is 279 g/mol. The molecule has 3 nitrogen and oxygen atoms in total. The Morgan fingerprint density at radius 2 is 1.81 bits per heavy atom. The molecule has 2 atom stereocenters. The van der Waals surface area contributed by atoms with Gasteiger partial charge >= 0.3 is 0 Å². The first-order valence-corrected chi connectivity index (χ1v) is 6.98. The second kappa shape index (κ2) is 5.94. The van der Waals surface area contributed by atoms with Crippen LogP contribution in [0.4, 0.5) is 0 Å². The molecule has 1 fully saturated rings. The highest BCUT2D eigenvalue weighted by Gasteiger charge is 2.45. The summed E-state index contributed by atoms with van der Waals surface area (Å²) in [5, 5.41) is 2.76. The molecule has 1 saturated heterocycles. The van der Waals surface area contributed by atoms with Gasteiger partial charge in [0.1, 0.15) is 6.10 Å². The molecule has 1 N–H and O–H groups in total. The minimum absolute atomic E-state index is 0.104. The van der Waals surface area contributed by atoms with Crippen LogP contribution in [0.1, 0.15) is 22.8 Å². The molecular weight excluding hydrogens is 262 g/mol. The molecule has 0 unspecified atom stereocenters. The summed E-state index contributed by atoms with van der Waals surface area (Å²) < 4.78 is 5.44. The normalized spacial score (nSPS) is 20.4. The number of aryl methyl sites for hydroxylation is 1. The molecule has 2 aromatic rings. The van der Waals surface area contributed by atoms with Crippen LogP contribution in [0, 0.1) is 6.92 Å². The Hall–Kier alpha value is -2.39. The van der Waals surface area contributed by atoms with Gasteiger partial charge in [0.2, 0.25) is 0 Å². The van der Waals surface area contributed by atoms with Crippen molar-refractivity contribution in [3.05, 3.63) is 77.5 Å². The van der Waals surface area contributed by atoms with Gasteiger partial charge in [-0.05, 0) is 24.1 Å². The van der Waals surface area contributed by atoms with Gasteiger partial charge in [0.15, 0.2) is 6.10 Å². The smallest absolute Gasteiger partial charge is 0.256 e. The highest BCUT2D eigenvalue weighted by atomic mass is 16.6. The number of carbonyl (C=O) groups excluding carboxylic acids is 1. The van der Waals surface area contributed by atoms with E-state index in [4.69, 9.17) is 4.74 Å². The van der Waals surface area contributed by atoms with Crippen LogP contribution in [0.2, 0.25) is 0 Å². The number of nitrogens with one attached hydrogen (secondary N) is 1. The van der Waals surface area contributed by atoms with Gasteiger partial charge < -0.3 is 10.1 Å². The summed E-state index contributed by atoms with van der Waals surface area (Å²) in [4.78, 5) is 11.9. The topological polar surface area (TPSA) is 41.6 Å². The van der Waals surface area contributed by atoms with Crippen LogP contribution in [0.15, 0.2) is 60.8 Å². The van der Waals surface area contributed by atoms with Gasteiger partial charge in [0.05, 0.1) is 0 Å². The number of carbonyl (C=O) groups is 1. The van der Waals surface area contributed by atoms with E-state index in [0.717, 1.165) is 11.1 Å². The van der Waals surface area contributed by atoms with E-state index in [-0.39, 0.29) is 18.1 Å². The van der Waals surface area contributed by atoms with Gasteiger partial charge in [-0.1, -0.05) is 60.2 Å². The molecule has 3 rings (SSSR count). The summed E-state index contributed by atoms with van der Waals surface area (Å²) >= 11 is 0. The molecule has 0 radical (unpaired) electrons. The zero-order valence-electron chi connectivity index (χ0n) is 11.8. The first kappa shape index (κ1) is 13.6. The lowest BCUT2D eigenvalue weighted by Crippen LogP contribution is -2.23. The number of hydrogen-bond donors (Lipinski definition) is 1. The maximum atomic E-state index is 11.9. The summed E-state index contributed by atoms with van der Waals surface area (Å²) in [7, 11) is 0. The Morgan fingerprint density at radius 1 is 1.10 bits per heavy atom. The zero-order valence-corrected chi connectivity index (χ0v) is 11.8. The predicted octanol–water partition coefficient (Wildman–Crippen LogP) is 3.22. The van der Waals surface area contributed by atoms with E-state index in [1.54, 1.807) is 6.20 Å². The van der Waals surface area contributed by atoms with Gasteiger partial charge in [-0.2, -0.15) is 0 Å². The molecule has 0 aromatic heterocycles. The van der Waals surface area contributed by atoms with E-state index < -0.39 is 0 Å². The van der Waals surface area contributed by atoms with Crippen LogP contribution >= 0.6 is 0 Å². The molecule has 0 aliphatic carbocycles. The minimum atomic E-state index is -0.380. The van der Waals surface area contributed by atoms with Crippen molar-refractivity contribution >= 4 is 12.0 Å². The fourth-order valence-corrected chi connectivity index (χ4v) is 2.19. The van der Waals surface area contributed by atoms with Crippen LogP contribution in [-0.2, 0) is 9.53 Å². The van der Waals surface area contributed by atoms with Crippen LogP contribution in [0.5, 0.6) is 0 Å². The van der Waals surface area contributed by atoms with Crippen molar-refractivity contribution in [1.29, 1.82) is 0 Å². The quantitative estimate of drug-likeness (QED) is 0.873. The number of hydrogen-bond acceptors (Lipinski definition) is 2. The molecule has 0 spiro atoms. The molecule has 106 valence electrons. The maximum Gasteiger partial charge on any atom is 0.256 e. The largest absolute Gasteiger partial charge is 0.354 e. The highest BCUT2D eigenvalue weighted by molar-refractivity contribution is 5.85. The Balaban J connectivity index is 1.53. The number of ether oxygens (including phenoxy) is 1. The van der Waals surface area contributed by atoms with Crippen molar-refractivity contribution in [2.24, 2.45) is 0 Å². The van der Waals surface area contributed by atoms with Gasteiger partial charge in [-0.3, -0.25) is 4.79 Å². The van der Waals surface area contributed by atoms with Crippen LogP contribution in [-0.4, -0.2) is 12.0 Å². The molecule has 0 saturated carbocycles. The summed E-state index contributed by atoms with van der Waals surface area (Å²) in [6.45, 7) is 2.05. The van der Waals surface area contributed by atoms with E-state index in [1.807, 2.05) is 67.6 Å². The van der Waals surface area contributed by atoms with Crippen LogP contribution in [0.25, 0.3) is 6.08 Å². The van der Waals surface area contributed by atoms with Crippen molar-refractivity contribution in [3.63, 3.8) is 0 Å². The third-order valence-corrected chi connectivity index (χ3v) is 3.46. The third kappa shape index (κ3) is 3.38. The Labute approximate surface area is 124 Å². The van der Waals surface area contributed by atoms with Gasteiger partial charge in [0.25, 0.3) is 5.91 Å². The highest BCUT2D eigenvalue weighted by Crippen LogP contribution is 2.38. The fourth-order valence-electron chi connectivity index (χ4n) is 2.19. The van der Waals surface area contributed by atoms with E-state index in [1.165, 1.54) is 5.56 Å². The Bertz CT molecular complexity index is 647. The van der Waals surface area contributed by atoms with E-state index in [9.17, 15) is 4.79 Å². The van der Waals surface area contributed by atoms with E-state index in [2.05, 4.69) is 5.32 Å². The number of epoxide rings is 1. The first-order valence-electron chi connectivity index (χ1n) is 6.98. The van der Waals surface area contributed by atoms with Gasteiger partial charge in [0, 0.05) is 6.20 Å². The van der Waals surface area contributed by atoms with Gasteiger partial charge in [-0.25, -0.2) is 0 Å². The van der Waals surface area contributed by atoms with Crippen LogP contribution < -0.4 is 5.32 Å². The van der Waals surface area contributed by atoms with Gasteiger partial charge in [-0.15, -0.1) is 0 Å². The molecule has 1 heterocycles. The lowest BCUT2D eigenvalue weighted by molar-refractivity contribution is -0.121. The summed E-state index contributed by atoms with van der Waals surface area (Å²) in [5.74, 6) is -0.104. The summed E-state index contributed by atoms with van der Waals surface area (Å²) in [5.41, 5.74) is 3.31. The average Bonchev–Trinajstić information content (AvgIpc) is 3.31. The molecule has 1 aliphatic rings. The van der Waals surface area contributed by atoms with Crippen molar-refractivity contribution in [1.82, 2.24) is 5.32 Å². The number of benzene rings is 2. The lowest BCUT2D eigenvalue weighted by atomic mass is 10.1. The molecule has 2 aromatic carbocycles. The SMILES string of the molecule is Cc1ccc(/C=C\NC(=O)[C@H]2O[C@@H]2c2ccccc2)cc1. The van der Waals surface area contributed by atoms with Crippen molar-refractivity contribution in [2.45, 2.75) is 19.1 Å². The number of rotatable bonds is 4. The fraction of sp³-hybridized carbons (Fsp3) is 0.167. The van der Waals surface area contributed by atoms with E-state index >= 15 is 0 Å². The zero-order chi connectivity index (χ0) is 14.7. The van der Waals surface area contributed by atoms with Crippen molar-refractivity contribution < 1.29 is 9.53 Å². The maximum absolute atomic E-state index is 11.9. The van der Waals surface area contributed by atoms with Crippen molar-refractivity contribution in [2.75, 3.05) is 0 Å². The first-order chi connectivity index (χ1) is 10.2. The predicted molar refractivity (Wildman–Crippen MR) is 82.4 cm³/mol. The van der Waals surface area contributed by atoms with E-state index in [0.29, 0.717) is 0 Å². The molecule has 0 bridgehead atoms. The monoisotopic (exact) mass is 279 g/mol. The van der Waals surface area contributed by atoms with Crippen molar-refractivity contribution in [3.8, 4) is 0 Å². The molecular formula is C18H17NO2. The molecule has 1 aliphatic heterocycles. The molecule has 3 heteroatoms. The second-order valence-corrected chi connectivity index (χ2v) is 5.14. The molecule has 21 heavy (non-hydrogen) atoms. The Morgan fingerprint density at radius 3 is 2.52 bits per heavy atom. The summed E-state index contributed by atoms with van der Waals surface area (Å²) in [6, 6.07) is 17.9. The molecule has 1 amide bonds. The van der Waals surface area contributed by atoms with Crippen LogP contribution in [0.3, 0.4) is 0 Å². The standard InChI is InChI=1S/C18H17NO2/c1-13-7-9-14(10-8-13)11-12-19-18(20)17-16(21-17)15-5-3-2-4-6-15/h2-12,16-17H,1H3,(H,19,20)/b12-11-/t16-,17+/m1/s1. The minimum Gasteiger partial charge on any atom is -0.354 e. The summed E-state index contributed by atoms with van der Waals surface area (Å²) in [6.07, 6.45) is 3.04. The lowest BCUT2D eigenvalue weighted by Gasteiger charge is -1.97.